The van der Waals surface area contributed by atoms with Crippen LogP contribution in [-0.2, 0) is 21.9 Å². The van der Waals surface area contributed by atoms with Crippen LogP contribution in [0.15, 0.2) is 47.6 Å². The summed E-state index contributed by atoms with van der Waals surface area (Å²) in [5, 5.41) is 8.61. The van der Waals surface area contributed by atoms with Gasteiger partial charge in [0.05, 0.1) is 5.69 Å². The quantitative estimate of drug-likeness (QED) is 0.838. The molecule has 0 radical (unpaired) electrons. The number of benzene rings is 1. The Morgan fingerprint density at radius 2 is 2.05 bits per heavy atom. The molecule has 112 valence electrons. The molecule has 0 amide bonds. The molecule has 0 bridgehead atoms. The number of hydrogen-bond donors (Lipinski definition) is 2. The number of carboxylic acid groups (broad SMARTS) is 1. The Morgan fingerprint density at radius 3 is 2.67 bits per heavy atom. The highest BCUT2D eigenvalue weighted by Crippen LogP contribution is 2.26. The molecule has 0 fully saturated rings. The van der Waals surface area contributed by atoms with Crippen molar-refractivity contribution < 1.29 is 23.1 Å². The Bertz CT molecular complexity index is 751. The molecule has 0 atom stereocenters. The van der Waals surface area contributed by atoms with Crippen LogP contribution in [0.2, 0.25) is 0 Å². The summed E-state index contributed by atoms with van der Waals surface area (Å²) in [4.78, 5) is 10.6. The van der Waals surface area contributed by atoms with Gasteiger partial charge in [-0.25, -0.2) is 13.2 Å². The summed E-state index contributed by atoms with van der Waals surface area (Å²) in [6, 6.07) is 7.69. The maximum atomic E-state index is 12.2. The van der Waals surface area contributed by atoms with Gasteiger partial charge in [0, 0.05) is 19.4 Å². The molecule has 2 N–H and O–H groups in total. The molecule has 0 aliphatic heterocycles. The van der Waals surface area contributed by atoms with Crippen molar-refractivity contribution in [3.05, 3.63) is 42.7 Å². The van der Waals surface area contributed by atoms with Crippen LogP contribution in [0, 0.1) is 0 Å². The SMILES string of the molecule is Cn1ccc(S(=O)(=O)Nc2ccccc2OCC(=O)O)c1. The normalized spacial score (nSPS) is 11.1. The van der Waals surface area contributed by atoms with E-state index in [9.17, 15) is 13.2 Å². The number of carbonyl (C=O) groups is 1. The number of aromatic nitrogens is 1. The molecule has 1 aromatic heterocycles. The summed E-state index contributed by atoms with van der Waals surface area (Å²) in [5.74, 6) is -0.991. The molecule has 0 unspecified atom stereocenters. The van der Waals surface area contributed by atoms with Crippen LogP contribution < -0.4 is 9.46 Å². The van der Waals surface area contributed by atoms with Crippen molar-refractivity contribution in [3.63, 3.8) is 0 Å². The van der Waals surface area contributed by atoms with E-state index in [0.717, 1.165) is 0 Å². The zero-order valence-electron chi connectivity index (χ0n) is 11.2. The van der Waals surface area contributed by atoms with Crippen molar-refractivity contribution in [2.45, 2.75) is 4.90 Å². The molecule has 0 spiro atoms. The summed E-state index contributed by atoms with van der Waals surface area (Å²) in [6.07, 6.45) is 3.07. The van der Waals surface area contributed by atoms with Crippen LogP contribution in [0.4, 0.5) is 5.69 Å². The number of para-hydroxylation sites is 2. The molecular weight excluding hydrogens is 296 g/mol. The second-order valence-electron chi connectivity index (χ2n) is 4.30. The van der Waals surface area contributed by atoms with Crippen LogP contribution in [0.1, 0.15) is 0 Å². The van der Waals surface area contributed by atoms with E-state index in [4.69, 9.17) is 9.84 Å². The van der Waals surface area contributed by atoms with E-state index in [1.165, 1.54) is 24.4 Å². The topological polar surface area (TPSA) is 97.6 Å². The molecule has 2 aromatic rings. The molecular formula is C13H14N2O5S. The van der Waals surface area contributed by atoms with Gasteiger partial charge >= 0.3 is 5.97 Å². The zero-order valence-corrected chi connectivity index (χ0v) is 12.0. The average molecular weight is 310 g/mol. The summed E-state index contributed by atoms with van der Waals surface area (Å²) in [7, 11) is -2.04. The first-order valence-electron chi connectivity index (χ1n) is 5.97. The minimum atomic E-state index is -3.75. The number of ether oxygens (including phenoxy) is 1. The monoisotopic (exact) mass is 310 g/mol. The lowest BCUT2D eigenvalue weighted by Crippen LogP contribution is -2.15. The largest absolute Gasteiger partial charge is 0.480 e. The number of carboxylic acids is 1. The van der Waals surface area contributed by atoms with Crippen molar-refractivity contribution in [3.8, 4) is 5.75 Å². The van der Waals surface area contributed by atoms with E-state index in [1.54, 1.807) is 29.9 Å². The van der Waals surface area contributed by atoms with Crippen molar-refractivity contribution >= 4 is 21.7 Å². The molecule has 2 rings (SSSR count). The first-order chi connectivity index (χ1) is 9.88. The minimum Gasteiger partial charge on any atom is -0.480 e. The Kier molecular flexibility index (Phi) is 4.18. The minimum absolute atomic E-state index is 0.109. The van der Waals surface area contributed by atoms with Gasteiger partial charge in [0.15, 0.2) is 6.61 Å². The molecule has 8 heteroatoms. The summed E-state index contributed by atoms with van der Waals surface area (Å²) in [6.45, 7) is -0.552. The first kappa shape index (κ1) is 14.9. The molecule has 1 heterocycles. The lowest BCUT2D eigenvalue weighted by Gasteiger charge is -2.11. The lowest BCUT2D eigenvalue weighted by molar-refractivity contribution is -0.139. The Labute approximate surface area is 121 Å². The van der Waals surface area contributed by atoms with Crippen molar-refractivity contribution in [1.82, 2.24) is 4.57 Å². The molecule has 1 aromatic carbocycles. The fourth-order valence-electron chi connectivity index (χ4n) is 1.66. The maximum Gasteiger partial charge on any atom is 0.341 e. The van der Waals surface area contributed by atoms with Gasteiger partial charge in [-0.15, -0.1) is 0 Å². The highest BCUT2D eigenvalue weighted by Gasteiger charge is 2.17. The van der Waals surface area contributed by atoms with Crippen molar-refractivity contribution in [2.24, 2.45) is 7.05 Å². The van der Waals surface area contributed by atoms with Gasteiger partial charge in [0.25, 0.3) is 10.0 Å². The van der Waals surface area contributed by atoms with Gasteiger partial charge in [-0.2, -0.15) is 0 Å². The summed E-state index contributed by atoms with van der Waals surface area (Å²) >= 11 is 0. The molecule has 0 aliphatic carbocycles. The van der Waals surface area contributed by atoms with Gasteiger partial charge in [-0.05, 0) is 18.2 Å². The van der Waals surface area contributed by atoms with Crippen LogP contribution in [0.3, 0.4) is 0 Å². The van der Waals surface area contributed by atoms with Crippen molar-refractivity contribution in [2.75, 3.05) is 11.3 Å². The predicted octanol–water partition coefficient (Wildman–Crippen LogP) is 1.29. The second kappa shape index (κ2) is 5.88. The van der Waals surface area contributed by atoms with E-state index < -0.39 is 22.6 Å². The number of anilines is 1. The first-order valence-corrected chi connectivity index (χ1v) is 7.45. The number of aliphatic carboxylic acids is 1. The van der Waals surface area contributed by atoms with Crippen LogP contribution in [-0.4, -0.2) is 30.7 Å². The average Bonchev–Trinajstić information content (AvgIpc) is 2.85. The summed E-state index contributed by atoms with van der Waals surface area (Å²) in [5.41, 5.74) is 0.183. The number of nitrogens with one attached hydrogen (secondary N) is 1. The number of sulfonamides is 1. The third kappa shape index (κ3) is 3.76. The number of hydrogen-bond acceptors (Lipinski definition) is 4. The zero-order chi connectivity index (χ0) is 15.5. The summed E-state index contributed by atoms with van der Waals surface area (Å²) < 4.78 is 33.5. The molecule has 0 saturated heterocycles. The fraction of sp³-hybridized carbons (Fsp3) is 0.154. The van der Waals surface area contributed by atoms with E-state index in [0.29, 0.717) is 0 Å². The predicted molar refractivity (Wildman–Crippen MR) is 75.8 cm³/mol. The highest BCUT2D eigenvalue weighted by atomic mass is 32.2. The molecule has 7 nitrogen and oxygen atoms in total. The highest BCUT2D eigenvalue weighted by molar-refractivity contribution is 7.92. The van der Waals surface area contributed by atoms with E-state index >= 15 is 0 Å². The third-order valence-electron chi connectivity index (χ3n) is 2.60. The standard InChI is InChI=1S/C13H14N2O5S/c1-15-7-6-10(8-15)21(18,19)14-11-4-2-3-5-12(11)20-9-13(16)17/h2-8,14H,9H2,1H3,(H,16,17). The van der Waals surface area contributed by atoms with Crippen molar-refractivity contribution in [1.29, 1.82) is 0 Å². The number of nitrogens with zero attached hydrogens (tertiary/aromatic N) is 1. The van der Waals surface area contributed by atoms with E-state index in [2.05, 4.69) is 4.72 Å². The number of rotatable bonds is 6. The molecule has 0 aliphatic rings. The molecule has 21 heavy (non-hydrogen) atoms. The Morgan fingerprint density at radius 1 is 1.33 bits per heavy atom. The Hall–Kier alpha value is -2.48. The van der Waals surface area contributed by atoms with E-state index in [1.807, 2.05) is 0 Å². The third-order valence-corrected chi connectivity index (χ3v) is 3.95. The van der Waals surface area contributed by atoms with Crippen LogP contribution in [0.5, 0.6) is 5.75 Å². The second-order valence-corrected chi connectivity index (χ2v) is 5.98. The van der Waals surface area contributed by atoms with Gasteiger partial charge in [-0.1, -0.05) is 12.1 Å². The van der Waals surface area contributed by atoms with Crippen LogP contribution >= 0.6 is 0 Å². The maximum absolute atomic E-state index is 12.2. The molecule has 0 saturated carbocycles. The van der Waals surface area contributed by atoms with Crippen LogP contribution in [0.25, 0.3) is 0 Å². The lowest BCUT2D eigenvalue weighted by atomic mass is 10.3. The number of aryl methyl sites for hydroxylation is 1. The van der Waals surface area contributed by atoms with E-state index in [-0.39, 0.29) is 16.3 Å². The Balaban J connectivity index is 2.25. The van der Waals surface area contributed by atoms with Gasteiger partial charge in [0.1, 0.15) is 10.6 Å². The van der Waals surface area contributed by atoms with Gasteiger partial charge < -0.3 is 14.4 Å². The van der Waals surface area contributed by atoms with Gasteiger partial charge in [0.2, 0.25) is 0 Å². The smallest absolute Gasteiger partial charge is 0.341 e. The fourth-order valence-corrected chi connectivity index (χ4v) is 2.78. The van der Waals surface area contributed by atoms with Gasteiger partial charge in [-0.3, -0.25) is 4.72 Å².